The summed E-state index contributed by atoms with van der Waals surface area (Å²) in [6, 6.07) is 0. The fourth-order valence-electron chi connectivity index (χ4n) is 1.97. The van der Waals surface area contributed by atoms with Crippen molar-refractivity contribution in [2.24, 2.45) is 0 Å². The Hall–Kier alpha value is -0.970. The number of rotatable bonds is 4. The number of carbonyl (C=O) groups excluding carboxylic acids is 1. The topological polar surface area (TPSA) is 55.0 Å². The van der Waals surface area contributed by atoms with Crippen LogP contribution in [0.3, 0.4) is 0 Å². The maximum absolute atomic E-state index is 11.9. The Bertz CT molecular complexity index is 347. The van der Waals surface area contributed by atoms with Crippen molar-refractivity contribution in [1.82, 2.24) is 9.97 Å². The van der Waals surface area contributed by atoms with Crippen molar-refractivity contribution < 1.29 is 9.53 Å². The van der Waals surface area contributed by atoms with E-state index in [0.29, 0.717) is 0 Å². The summed E-state index contributed by atoms with van der Waals surface area (Å²) in [7, 11) is 0. The van der Waals surface area contributed by atoms with E-state index in [2.05, 4.69) is 9.97 Å². The highest BCUT2D eigenvalue weighted by atomic mass is 32.2. The first-order valence-electron chi connectivity index (χ1n) is 6.12. The molecule has 1 atom stereocenters. The van der Waals surface area contributed by atoms with E-state index in [1.165, 1.54) is 31.0 Å². The van der Waals surface area contributed by atoms with E-state index >= 15 is 0 Å². The lowest BCUT2D eigenvalue weighted by atomic mass is 9.98. The van der Waals surface area contributed by atoms with Crippen LogP contribution in [-0.2, 0) is 9.53 Å². The van der Waals surface area contributed by atoms with Crippen molar-refractivity contribution in [3.63, 3.8) is 0 Å². The van der Waals surface area contributed by atoms with Gasteiger partial charge in [0.2, 0.25) is 0 Å². The van der Waals surface area contributed by atoms with E-state index in [4.69, 9.17) is 4.74 Å². The third-order valence-corrected chi connectivity index (χ3v) is 3.92. The number of aromatic amines is 1. The van der Waals surface area contributed by atoms with Crippen molar-refractivity contribution in [2.45, 2.75) is 55.5 Å². The average molecular weight is 254 g/mol. The quantitative estimate of drug-likeness (QED) is 0.663. The van der Waals surface area contributed by atoms with Gasteiger partial charge in [-0.2, -0.15) is 0 Å². The Balaban J connectivity index is 1.78. The van der Waals surface area contributed by atoms with Crippen LogP contribution in [0.4, 0.5) is 0 Å². The highest BCUT2D eigenvalue weighted by Crippen LogP contribution is 2.24. The zero-order valence-corrected chi connectivity index (χ0v) is 10.8. The Morgan fingerprint density at radius 1 is 1.53 bits per heavy atom. The van der Waals surface area contributed by atoms with Crippen LogP contribution < -0.4 is 0 Å². The van der Waals surface area contributed by atoms with Gasteiger partial charge in [-0.25, -0.2) is 4.98 Å². The van der Waals surface area contributed by atoms with Crippen LogP contribution in [0.1, 0.15) is 39.0 Å². The number of thioether (sulfide) groups is 1. The molecule has 1 saturated carbocycles. The van der Waals surface area contributed by atoms with Gasteiger partial charge in [0.05, 0.1) is 0 Å². The second-order valence-corrected chi connectivity index (χ2v) is 5.68. The summed E-state index contributed by atoms with van der Waals surface area (Å²) in [5.41, 5.74) is 0. The summed E-state index contributed by atoms with van der Waals surface area (Å²) in [5.74, 6) is -0.127. The molecule has 1 aliphatic rings. The number of imidazole rings is 1. The molecule has 1 aromatic rings. The smallest absolute Gasteiger partial charge is 0.319 e. The number of nitrogens with one attached hydrogen (secondary N) is 1. The monoisotopic (exact) mass is 254 g/mol. The van der Waals surface area contributed by atoms with Crippen molar-refractivity contribution in [2.75, 3.05) is 0 Å². The standard InChI is InChI=1S/C12H18N2O2S/c1-9(17-12-13-7-8-14-12)11(15)16-10-5-3-2-4-6-10/h7-10H,2-6H2,1H3,(H,13,14). The molecule has 1 N–H and O–H groups in total. The highest BCUT2D eigenvalue weighted by Gasteiger charge is 2.22. The number of hydrogen-bond donors (Lipinski definition) is 1. The maximum Gasteiger partial charge on any atom is 0.319 e. The van der Waals surface area contributed by atoms with Gasteiger partial charge in [-0.05, 0) is 32.6 Å². The zero-order chi connectivity index (χ0) is 12.1. The van der Waals surface area contributed by atoms with Crippen LogP contribution >= 0.6 is 11.8 Å². The first kappa shape index (κ1) is 12.5. The van der Waals surface area contributed by atoms with E-state index in [1.807, 2.05) is 6.92 Å². The van der Waals surface area contributed by atoms with Gasteiger partial charge < -0.3 is 9.72 Å². The molecule has 0 aromatic carbocycles. The molecule has 94 valence electrons. The molecule has 0 radical (unpaired) electrons. The number of ether oxygens (including phenoxy) is 1. The molecule has 4 nitrogen and oxygen atoms in total. The van der Waals surface area contributed by atoms with Gasteiger partial charge >= 0.3 is 5.97 Å². The van der Waals surface area contributed by atoms with Crippen LogP contribution in [0.25, 0.3) is 0 Å². The third-order valence-electron chi connectivity index (χ3n) is 2.93. The van der Waals surface area contributed by atoms with Gasteiger partial charge in [0.15, 0.2) is 5.16 Å². The highest BCUT2D eigenvalue weighted by molar-refractivity contribution is 8.00. The maximum atomic E-state index is 11.9. The predicted octanol–water partition coefficient (Wildman–Crippen LogP) is 2.77. The lowest BCUT2D eigenvalue weighted by molar-refractivity contribution is -0.149. The van der Waals surface area contributed by atoms with Crippen LogP contribution in [0.2, 0.25) is 0 Å². The van der Waals surface area contributed by atoms with E-state index < -0.39 is 0 Å². The van der Waals surface area contributed by atoms with Crippen LogP contribution in [0, 0.1) is 0 Å². The number of hydrogen-bond acceptors (Lipinski definition) is 4. The molecule has 1 heterocycles. The molecular formula is C12H18N2O2S. The molecule has 17 heavy (non-hydrogen) atoms. The third kappa shape index (κ3) is 3.77. The summed E-state index contributed by atoms with van der Waals surface area (Å²) < 4.78 is 5.50. The van der Waals surface area contributed by atoms with Crippen molar-refractivity contribution >= 4 is 17.7 Å². The van der Waals surface area contributed by atoms with Crippen molar-refractivity contribution in [3.05, 3.63) is 12.4 Å². The number of carbonyl (C=O) groups is 1. The largest absolute Gasteiger partial charge is 0.462 e. The lowest BCUT2D eigenvalue weighted by Crippen LogP contribution is -2.26. The van der Waals surface area contributed by atoms with E-state index in [0.717, 1.165) is 18.0 Å². The van der Waals surface area contributed by atoms with Crippen molar-refractivity contribution in [3.8, 4) is 0 Å². The SMILES string of the molecule is CC(Sc1ncc[nH]1)C(=O)OC1CCCCC1. The van der Waals surface area contributed by atoms with E-state index in [1.54, 1.807) is 12.4 Å². The van der Waals surface area contributed by atoms with Gasteiger partial charge in [-0.3, -0.25) is 4.79 Å². The van der Waals surface area contributed by atoms with Gasteiger partial charge in [-0.15, -0.1) is 0 Å². The Morgan fingerprint density at radius 3 is 2.94 bits per heavy atom. The normalized spacial score (nSPS) is 18.9. The van der Waals surface area contributed by atoms with Crippen LogP contribution in [0.15, 0.2) is 17.6 Å². The molecule has 0 amide bonds. The molecule has 1 fully saturated rings. The molecular weight excluding hydrogens is 236 g/mol. The Labute approximate surface area is 106 Å². The zero-order valence-electron chi connectivity index (χ0n) is 10.0. The van der Waals surface area contributed by atoms with Gasteiger partial charge in [-0.1, -0.05) is 18.2 Å². The average Bonchev–Trinajstić information content (AvgIpc) is 2.83. The summed E-state index contributed by atoms with van der Waals surface area (Å²) in [5, 5.41) is 0.557. The summed E-state index contributed by atoms with van der Waals surface area (Å²) in [6.07, 6.45) is 9.23. The molecule has 1 unspecified atom stereocenters. The van der Waals surface area contributed by atoms with Gasteiger partial charge in [0, 0.05) is 12.4 Å². The minimum Gasteiger partial charge on any atom is -0.462 e. The number of esters is 1. The second kappa shape index (κ2) is 6.10. The number of aromatic nitrogens is 2. The molecule has 5 heteroatoms. The summed E-state index contributed by atoms with van der Waals surface area (Å²) >= 11 is 1.41. The fraction of sp³-hybridized carbons (Fsp3) is 0.667. The molecule has 0 aliphatic heterocycles. The number of nitrogens with zero attached hydrogens (tertiary/aromatic N) is 1. The molecule has 0 spiro atoms. The van der Waals surface area contributed by atoms with Gasteiger partial charge in [0.25, 0.3) is 0 Å². The molecule has 1 aromatic heterocycles. The van der Waals surface area contributed by atoms with Crippen LogP contribution in [0.5, 0.6) is 0 Å². The predicted molar refractivity (Wildman–Crippen MR) is 66.9 cm³/mol. The van der Waals surface area contributed by atoms with E-state index in [-0.39, 0.29) is 17.3 Å². The lowest BCUT2D eigenvalue weighted by Gasteiger charge is -2.23. The Morgan fingerprint density at radius 2 is 2.29 bits per heavy atom. The minimum atomic E-state index is -0.205. The van der Waals surface area contributed by atoms with E-state index in [9.17, 15) is 4.79 Å². The fourth-order valence-corrected chi connectivity index (χ4v) is 2.72. The Kier molecular flexibility index (Phi) is 4.48. The molecule has 1 aliphatic carbocycles. The summed E-state index contributed by atoms with van der Waals surface area (Å²) in [4.78, 5) is 18.9. The first-order chi connectivity index (χ1) is 8.25. The molecule has 2 rings (SSSR count). The molecule has 0 saturated heterocycles. The minimum absolute atomic E-state index is 0.127. The first-order valence-corrected chi connectivity index (χ1v) is 7.00. The van der Waals surface area contributed by atoms with Gasteiger partial charge in [0.1, 0.15) is 11.4 Å². The van der Waals surface area contributed by atoms with Crippen LogP contribution in [-0.4, -0.2) is 27.3 Å². The molecule has 0 bridgehead atoms. The summed E-state index contributed by atoms with van der Waals surface area (Å²) in [6.45, 7) is 1.86. The number of H-pyrrole nitrogens is 1. The second-order valence-electron chi connectivity index (χ2n) is 4.35. The van der Waals surface area contributed by atoms with Crippen molar-refractivity contribution in [1.29, 1.82) is 0 Å².